The Morgan fingerprint density at radius 1 is 1.50 bits per heavy atom. The second kappa shape index (κ2) is 4.75. The van der Waals surface area contributed by atoms with Crippen molar-refractivity contribution in [3.05, 3.63) is 56.9 Å². The highest BCUT2D eigenvalue weighted by Crippen LogP contribution is 2.31. The number of hydrogen-bond acceptors (Lipinski definition) is 4. The van der Waals surface area contributed by atoms with Crippen LogP contribution in [0.4, 0.5) is 5.69 Å². The maximum Gasteiger partial charge on any atom is 0.275 e. The van der Waals surface area contributed by atoms with E-state index in [-0.39, 0.29) is 11.3 Å². The molecule has 1 N–H and O–H groups in total. The lowest BCUT2D eigenvalue weighted by Crippen LogP contribution is -2.08. The number of aliphatic hydroxyl groups excluding tert-OH is 1. The van der Waals surface area contributed by atoms with Crippen LogP contribution in [0.1, 0.15) is 17.4 Å². The molecule has 0 radical (unpaired) electrons. The van der Waals surface area contributed by atoms with Gasteiger partial charge in [0.05, 0.1) is 16.2 Å². The zero-order valence-electron chi connectivity index (χ0n) is 9.45. The number of hydrogen-bond donors (Lipinski definition) is 1. The number of aromatic nitrogens is 2. The van der Waals surface area contributed by atoms with Crippen LogP contribution in [0.2, 0.25) is 5.02 Å². The third-order valence-corrected chi connectivity index (χ3v) is 2.85. The highest BCUT2D eigenvalue weighted by Gasteiger charge is 2.23. The van der Waals surface area contributed by atoms with Crippen molar-refractivity contribution in [3.63, 3.8) is 0 Å². The summed E-state index contributed by atoms with van der Waals surface area (Å²) < 4.78 is 1.45. The molecule has 0 saturated heterocycles. The van der Waals surface area contributed by atoms with E-state index in [1.54, 1.807) is 13.1 Å². The average Bonchev–Trinajstić information content (AvgIpc) is 2.74. The first-order valence-electron chi connectivity index (χ1n) is 5.10. The van der Waals surface area contributed by atoms with Crippen molar-refractivity contribution in [2.75, 3.05) is 0 Å². The van der Waals surface area contributed by atoms with E-state index in [0.717, 1.165) is 0 Å². The van der Waals surface area contributed by atoms with E-state index in [1.165, 1.54) is 29.1 Å². The minimum absolute atomic E-state index is 0.149. The Bertz CT molecular complexity index is 597. The van der Waals surface area contributed by atoms with E-state index < -0.39 is 11.0 Å². The number of halogens is 1. The van der Waals surface area contributed by atoms with Crippen molar-refractivity contribution < 1.29 is 10.0 Å². The minimum atomic E-state index is -1.14. The summed E-state index contributed by atoms with van der Waals surface area (Å²) in [6, 6.07) is 5.67. The van der Waals surface area contributed by atoms with Gasteiger partial charge in [0.15, 0.2) is 0 Å². The fourth-order valence-electron chi connectivity index (χ4n) is 1.72. The lowest BCUT2D eigenvalue weighted by Gasteiger charge is -2.12. The van der Waals surface area contributed by atoms with Crippen molar-refractivity contribution in [1.82, 2.24) is 9.78 Å². The van der Waals surface area contributed by atoms with Crippen LogP contribution in [0.25, 0.3) is 0 Å². The lowest BCUT2D eigenvalue weighted by molar-refractivity contribution is -0.386. The second-order valence-electron chi connectivity index (χ2n) is 3.74. The molecule has 1 atom stereocenters. The standard InChI is InChI=1S/C11H10ClN3O3/c1-14-10(4-5-13-14)11(16)8-6-7(12)2-3-9(8)15(17)18/h2-6,11,16H,1H3. The number of nitrogens with zero attached hydrogens (tertiary/aromatic N) is 3. The number of nitro benzene ring substituents is 1. The number of aryl methyl sites for hydroxylation is 1. The molecular formula is C11H10ClN3O3. The molecule has 1 aromatic heterocycles. The van der Waals surface area contributed by atoms with Crippen LogP contribution in [0, 0.1) is 10.1 Å². The third-order valence-electron chi connectivity index (χ3n) is 2.62. The predicted molar refractivity (Wildman–Crippen MR) is 65.4 cm³/mol. The van der Waals surface area contributed by atoms with Crippen molar-refractivity contribution in [1.29, 1.82) is 0 Å². The summed E-state index contributed by atoms with van der Waals surface area (Å²) in [6.45, 7) is 0. The zero-order chi connectivity index (χ0) is 13.3. The minimum Gasteiger partial charge on any atom is -0.382 e. The Kier molecular flexibility index (Phi) is 3.31. The summed E-state index contributed by atoms with van der Waals surface area (Å²) in [5.74, 6) is 0. The molecule has 0 aliphatic rings. The first-order valence-corrected chi connectivity index (χ1v) is 5.48. The van der Waals surface area contributed by atoms with Crippen LogP contribution in [-0.2, 0) is 7.05 Å². The van der Waals surface area contributed by atoms with Gasteiger partial charge in [0.1, 0.15) is 6.10 Å². The molecule has 0 fully saturated rings. The number of benzene rings is 1. The Morgan fingerprint density at radius 2 is 2.22 bits per heavy atom. The Labute approximate surface area is 108 Å². The first-order chi connectivity index (χ1) is 8.50. The molecule has 0 aliphatic carbocycles. The molecule has 0 bridgehead atoms. The highest BCUT2D eigenvalue weighted by atomic mass is 35.5. The molecular weight excluding hydrogens is 258 g/mol. The van der Waals surface area contributed by atoms with Gasteiger partial charge in [-0.2, -0.15) is 5.10 Å². The van der Waals surface area contributed by atoms with Gasteiger partial charge in [0.25, 0.3) is 5.69 Å². The normalized spacial score (nSPS) is 12.4. The van der Waals surface area contributed by atoms with Gasteiger partial charge < -0.3 is 5.11 Å². The zero-order valence-corrected chi connectivity index (χ0v) is 10.2. The molecule has 18 heavy (non-hydrogen) atoms. The van der Waals surface area contributed by atoms with Gasteiger partial charge in [-0.05, 0) is 18.2 Å². The van der Waals surface area contributed by atoms with Crippen molar-refractivity contribution in [2.24, 2.45) is 7.05 Å². The summed E-state index contributed by atoms with van der Waals surface area (Å²) in [4.78, 5) is 10.4. The second-order valence-corrected chi connectivity index (χ2v) is 4.18. The Hall–Kier alpha value is -1.92. The molecule has 0 amide bonds. The Morgan fingerprint density at radius 3 is 2.78 bits per heavy atom. The quantitative estimate of drug-likeness (QED) is 0.682. The largest absolute Gasteiger partial charge is 0.382 e. The SMILES string of the molecule is Cn1nccc1C(O)c1cc(Cl)ccc1[N+](=O)[O-]. The van der Waals surface area contributed by atoms with Crippen molar-refractivity contribution in [2.45, 2.75) is 6.10 Å². The van der Waals surface area contributed by atoms with Crippen LogP contribution in [0.15, 0.2) is 30.5 Å². The van der Waals surface area contributed by atoms with E-state index in [4.69, 9.17) is 11.6 Å². The van der Waals surface area contributed by atoms with Gasteiger partial charge in [-0.15, -0.1) is 0 Å². The van der Waals surface area contributed by atoms with Gasteiger partial charge in [-0.1, -0.05) is 11.6 Å². The fourth-order valence-corrected chi connectivity index (χ4v) is 1.90. The molecule has 2 rings (SSSR count). The Balaban J connectivity index is 2.53. The lowest BCUT2D eigenvalue weighted by atomic mass is 10.0. The van der Waals surface area contributed by atoms with Crippen molar-refractivity contribution in [3.8, 4) is 0 Å². The summed E-state index contributed by atoms with van der Waals surface area (Å²) in [6.07, 6.45) is 0.367. The van der Waals surface area contributed by atoms with Crippen LogP contribution in [-0.4, -0.2) is 19.8 Å². The number of aliphatic hydroxyl groups is 1. The summed E-state index contributed by atoms with van der Waals surface area (Å²) >= 11 is 5.81. The summed E-state index contributed by atoms with van der Waals surface area (Å²) in [5.41, 5.74) is 0.435. The van der Waals surface area contributed by atoms with Crippen LogP contribution in [0.5, 0.6) is 0 Å². The molecule has 0 saturated carbocycles. The molecule has 94 valence electrons. The molecule has 7 heteroatoms. The maximum atomic E-state index is 10.9. The maximum absolute atomic E-state index is 10.9. The monoisotopic (exact) mass is 267 g/mol. The number of rotatable bonds is 3. The van der Waals surface area contributed by atoms with E-state index >= 15 is 0 Å². The topological polar surface area (TPSA) is 81.2 Å². The van der Waals surface area contributed by atoms with Gasteiger partial charge in [-0.3, -0.25) is 14.8 Å². The van der Waals surface area contributed by atoms with E-state index in [9.17, 15) is 15.2 Å². The molecule has 1 aromatic carbocycles. The van der Waals surface area contributed by atoms with E-state index in [0.29, 0.717) is 10.7 Å². The van der Waals surface area contributed by atoms with Crippen LogP contribution in [0.3, 0.4) is 0 Å². The van der Waals surface area contributed by atoms with E-state index in [1.807, 2.05) is 0 Å². The molecule has 1 heterocycles. The highest BCUT2D eigenvalue weighted by molar-refractivity contribution is 6.30. The van der Waals surface area contributed by atoms with E-state index in [2.05, 4.69) is 5.10 Å². The smallest absolute Gasteiger partial charge is 0.275 e. The van der Waals surface area contributed by atoms with Gasteiger partial charge in [0, 0.05) is 24.3 Å². The van der Waals surface area contributed by atoms with Gasteiger partial charge in [-0.25, -0.2) is 0 Å². The molecule has 0 spiro atoms. The van der Waals surface area contributed by atoms with Crippen LogP contribution >= 0.6 is 11.6 Å². The molecule has 2 aromatic rings. The average molecular weight is 268 g/mol. The predicted octanol–water partition coefficient (Wildman–Crippen LogP) is 2.06. The summed E-state index contributed by atoms with van der Waals surface area (Å²) in [5, 5.41) is 25.4. The first kappa shape index (κ1) is 12.5. The molecule has 1 unspecified atom stereocenters. The molecule has 6 nitrogen and oxygen atoms in total. The van der Waals surface area contributed by atoms with Gasteiger partial charge >= 0.3 is 0 Å². The third kappa shape index (κ3) is 2.20. The fraction of sp³-hybridized carbons (Fsp3) is 0.182. The van der Waals surface area contributed by atoms with Crippen LogP contribution < -0.4 is 0 Å². The number of nitro groups is 1. The molecule has 0 aliphatic heterocycles. The van der Waals surface area contributed by atoms with Gasteiger partial charge in [0.2, 0.25) is 0 Å². The summed E-state index contributed by atoms with van der Waals surface area (Å²) in [7, 11) is 1.65. The van der Waals surface area contributed by atoms with Crippen molar-refractivity contribution >= 4 is 17.3 Å².